The number of hydrogen-bond donors (Lipinski definition) is 0. The van der Waals surface area contributed by atoms with Gasteiger partial charge in [-0.3, -0.25) is 4.79 Å². The smallest absolute Gasteiger partial charge is 0.271 e. The molecule has 0 saturated carbocycles. The van der Waals surface area contributed by atoms with E-state index in [0.717, 1.165) is 24.5 Å². The third-order valence-corrected chi connectivity index (χ3v) is 6.04. The van der Waals surface area contributed by atoms with Crippen molar-refractivity contribution in [1.82, 2.24) is 9.80 Å². The van der Waals surface area contributed by atoms with Crippen molar-refractivity contribution in [2.75, 3.05) is 45.7 Å². The zero-order valence-corrected chi connectivity index (χ0v) is 15.6. The highest BCUT2D eigenvalue weighted by atomic mass is 35.5. The molecular formula is C17H25ClN2O2S. The third-order valence-electron chi connectivity index (χ3n) is 4.42. The molecule has 0 bridgehead atoms. The van der Waals surface area contributed by atoms with E-state index in [4.69, 9.17) is 11.6 Å². The fourth-order valence-corrected chi connectivity index (χ4v) is 4.69. The fraction of sp³-hybridized carbons (Fsp3) is 0.588. The van der Waals surface area contributed by atoms with Gasteiger partial charge in [-0.05, 0) is 54.8 Å². The summed E-state index contributed by atoms with van der Waals surface area (Å²) >= 11 is 4.86. The number of benzene rings is 1. The summed E-state index contributed by atoms with van der Waals surface area (Å²) in [4.78, 5) is 15.5. The lowest BCUT2D eigenvalue weighted by molar-refractivity contribution is -0.125. The molecular weight excluding hydrogens is 332 g/mol. The second kappa shape index (κ2) is 8.38. The average molecular weight is 357 g/mol. The van der Waals surface area contributed by atoms with Gasteiger partial charge in [-0.15, -0.1) is 0 Å². The summed E-state index contributed by atoms with van der Waals surface area (Å²) < 4.78 is 12.4. The van der Waals surface area contributed by atoms with E-state index in [1.54, 1.807) is 14.1 Å². The SMILES string of the molecule is CN1CC[C@H](c2ccc(Cl)cc2)[C@@H](C[S+]([O-])CC(=O)N(C)C)C1. The lowest BCUT2D eigenvalue weighted by atomic mass is 9.81. The minimum absolute atomic E-state index is 0.0736. The monoisotopic (exact) mass is 356 g/mol. The Hall–Kier alpha value is -0.750. The number of likely N-dealkylation sites (tertiary alicyclic amines) is 1. The first-order chi connectivity index (χ1) is 10.9. The number of carbonyl (C=O) groups is 1. The third kappa shape index (κ3) is 5.38. The highest BCUT2D eigenvalue weighted by molar-refractivity contribution is 7.92. The molecule has 1 aromatic carbocycles. The van der Waals surface area contributed by atoms with Gasteiger partial charge in [0.2, 0.25) is 0 Å². The summed E-state index contributed by atoms with van der Waals surface area (Å²) in [5.74, 6) is 1.28. The summed E-state index contributed by atoms with van der Waals surface area (Å²) in [6.07, 6.45) is 1.04. The number of carbonyl (C=O) groups excluding carboxylic acids is 1. The van der Waals surface area contributed by atoms with Crippen LogP contribution in [0.5, 0.6) is 0 Å². The fourth-order valence-electron chi connectivity index (χ4n) is 3.10. The molecule has 1 fully saturated rings. The van der Waals surface area contributed by atoms with Crippen molar-refractivity contribution in [3.05, 3.63) is 34.9 Å². The number of amides is 1. The topological polar surface area (TPSA) is 46.6 Å². The van der Waals surface area contributed by atoms with Crippen LogP contribution in [0, 0.1) is 5.92 Å². The Morgan fingerprint density at radius 3 is 2.65 bits per heavy atom. The van der Waals surface area contributed by atoms with Crippen molar-refractivity contribution < 1.29 is 9.35 Å². The first kappa shape index (κ1) is 18.6. The van der Waals surface area contributed by atoms with E-state index in [0.29, 0.717) is 17.6 Å². The van der Waals surface area contributed by atoms with Gasteiger partial charge in [0.25, 0.3) is 5.91 Å². The number of hydrogen-bond acceptors (Lipinski definition) is 3. The van der Waals surface area contributed by atoms with Crippen molar-refractivity contribution >= 4 is 28.7 Å². The van der Waals surface area contributed by atoms with Crippen LogP contribution in [0.25, 0.3) is 0 Å². The summed E-state index contributed by atoms with van der Waals surface area (Å²) in [5.41, 5.74) is 1.25. The molecule has 1 heterocycles. The zero-order chi connectivity index (χ0) is 17.0. The minimum atomic E-state index is -1.13. The Kier molecular flexibility index (Phi) is 6.77. The van der Waals surface area contributed by atoms with Gasteiger partial charge >= 0.3 is 0 Å². The number of rotatable bonds is 5. The van der Waals surface area contributed by atoms with Gasteiger partial charge in [0.05, 0.1) is 0 Å². The maximum absolute atomic E-state index is 12.4. The highest BCUT2D eigenvalue weighted by Gasteiger charge is 2.33. The number of nitrogens with zero attached hydrogens (tertiary/aromatic N) is 2. The van der Waals surface area contributed by atoms with Crippen LogP contribution in [0.3, 0.4) is 0 Å². The maximum atomic E-state index is 12.4. The molecule has 0 aromatic heterocycles. The lowest BCUT2D eigenvalue weighted by Gasteiger charge is -2.37. The Bertz CT molecular complexity index is 524. The van der Waals surface area contributed by atoms with E-state index < -0.39 is 11.2 Å². The van der Waals surface area contributed by atoms with Crippen LogP contribution in [0.4, 0.5) is 0 Å². The van der Waals surface area contributed by atoms with Crippen LogP contribution in [0.2, 0.25) is 5.02 Å². The average Bonchev–Trinajstić information content (AvgIpc) is 2.48. The van der Waals surface area contributed by atoms with Gasteiger partial charge in [-0.2, -0.15) is 0 Å². The molecule has 1 amide bonds. The molecule has 3 atom stereocenters. The van der Waals surface area contributed by atoms with Crippen LogP contribution in [-0.4, -0.2) is 66.0 Å². The first-order valence-corrected chi connectivity index (χ1v) is 9.72. The Morgan fingerprint density at radius 2 is 2.04 bits per heavy atom. The molecule has 2 rings (SSSR count). The van der Waals surface area contributed by atoms with Crippen molar-refractivity contribution in [3.8, 4) is 0 Å². The molecule has 4 nitrogen and oxygen atoms in total. The normalized spacial score (nSPS) is 23.5. The highest BCUT2D eigenvalue weighted by Crippen LogP contribution is 2.34. The van der Waals surface area contributed by atoms with E-state index in [1.807, 2.05) is 12.1 Å². The van der Waals surface area contributed by atoms with Crippen LogP contribution >= 0.6 is 11.6 Å². The molecule has 1 unspecified atom stereocenters. The summed E-state index contributed by atoms with van der Waals surface area (Å²) in [6, 6.07) is 7.97. The maximum Gasteiger partial charge on any atom is 0.271 e. The molecule has 1 saturated heterocycles. The van der Waals surface area contributed by atoms with Crippen LogP contribution in [0.1, 0.15) is 17.9 Å². The second-order valence-electron chi connectivity index (χ2n) is 6.51. The Balaban J connectivity index is 2.05. The molecule has 0 radical (unpaired) electrons. The zero-order valence-electron chi connectivity index (χ0n) is 14.0. The predicted octanol–water partition coefficient (Wildman–Crippen LogP) is 2.21. The number of halogens is 1. The molecule has 6 heteroatoms. The van der Waals surface area contributed by atoms with Crippen LogP contribution in [-0.2, 0) is 16.0 Å². The van der Waals surface area contributed by atoms with E-state index in [-0.39, 0.29) is 11.7 Å². The molecule has 0 spiro atoms. The van der Waals surface area contributed by atoms with Gasteiger partial charge in [0, 0.05) is 31.6 Å². The van der Waals surface area contributed by atoms with Gasteiger partial charge in [-0.1, -0.05) is 23.7 Å². The van der Waals surface area contributed by atoms with Gasteiger partial charge < -0.3 is 14.4 Å². The van der Waals surface area contributed by atoms with E-state index in [2.05, 4.69) is 24.1 Å². The van der Waals surface area contributed by atoms with Gasteiger partial charge in [-0.25, -0.2) is 0 Å². The summed E-state index contributed by atoms with van der Waals surface area (Å²) in [7, 11) is 5.49. The largest absolute Gasteiger partial charge is 0.616 e. The Labute approximate surface area is 147 Å². The van der Waals surface area contributed by atoms with E-state index in [9.17, 15) is 9.35 Å². The minimum Gasteiger partial charge on any atom is -0.616 e. The number of piperidine rings is 1. The standard InChI is InChI=1S/C17H25ClN2O2S/c1-19(2)17(21)12-23(22)11-14-10-20(3)9-8-16(14)13-4-6-15(18)7-5-13/h4-7,14,16H,8-12H2,1-3H3/t14-,16-,23?/m1/s1. The molecule has 0 aliphatic carbocycles. The lowest BCUT2D eigenvalue weighted by Crippen LogP contribution is -2.41. The van der Waals surface area contributed by atoms with Crippen molar-refractivity contribution in [1.29, 1.82) is 0 Å². The summed E-state index contributed by atoms with van der Waals surface area (Å²) in [5, 5.41) is 0.735. The van der Waals surface area contributed by atoms with Gasteiger partial charge in [0.1, 0.15) is 5.75 Å². The van der Waals surface area contributed by atoms with Crippen molar-refractivity contribution in [3.63, 3.8) is 0 Å². The molecule has 1 aliphatic rings. The molecule has 1 aromatic rings. The summed E-state index contributed by atoms with van der Waals surface area (Å²) in [6.45, 7) is 1.95. The second-order valence-corrected chi connectivity index (χ2v) is 8.45. The quantitative estimate of drug-likeness (QED) is 0.760. The molecule has 1 aliphatic heterocycles. The predicted molar refractivity (Wildman–Crippen MR) is 96.4 cm³/mol. The van der Waals surface area contributed by atoms with Crippen LogP contribution < -0.4 is 0 Å². The Morgan fingerprint density at radius 1 is 1.39 bits per heavy atom. The molecule has 0 N–H and O–H groups in total. The van der Waals surface area contributed by atoms with Crippen molar-refractivity contribution in [2.24, 2.45) is 5.92 Å². The van der Waals surface area contributed by atoms with Crippen LogP contribution in [0.15, 0.2) is 24.3 Å². The van der Waals surface area contributed by atoms with E-state index >= 15 is 0 Å². The molecule has 23 heavy (non-hydrogen) atoms. The van der Waals surface area contributed by atoms with Gasteiger partial charge in [0.15, 0.2) is 5.75 Å². The first-order valence-electron chi connectivity index (χ1n) is 7.86. The van der Waals surface area contributed by atoms with Crippen molar-refractivity contribution in [2.45, 2.75) is 12.3 Å². The van der Waals surface area contributed by atoms with E-state index in [1.165, 1.54) is 10.5 Å². The molecule has 128 valence electrons.